The molecule has 1 atom stereocenters. The number of hydrogen-bond acceptors (Lipinski definition) is 3. The molecule has 1 aromatic rings. The van der Waals surface area contributed by atoms with Crippen molar-refractivity contribution in [3.63, 3.8) is 0 Å². The summed E-state index contributed by atoms with van der Waals surface area (Å²) in [6.45, 7) is 6.31. The van der Waals surface area contributed by atoms with E-state index < -0.39 is 0 Å². The molecule has 4 nitrogen and oxygen atoms in total. The molecule has 0 aromatic carbocycles. The van der Waals surface area contributed by atoms with Gasteiger partial charge in [0.15, 0.2) is 0 Å². The maximum absolute atomic E-state index is 11.7. The maximum atomic E-state index is 11.7. The Morgan fingerprint density at radius 2 is 2.11 bits per heavy atom. The largest absolute Gasteiger partial charge is 0.398 e. The summed E-state index contributed by atoms with van der Waals surface area (Å²) in [5.41, 5.74) is 6.39. The Bertz CT molecular complexity index is 441. The van der Waals surface area contributed by atoms with E-state index in [9.17, 15) is 4.79 Å². The summed E-state index contributed by atoms with van der Waals surface area (Å²) in [5, 5.41) is 0. The van der Waals surface area contributed by atoms with E-state index in [1.807, 2.05) is 0 Å². The van der Waals surface area contributed by atoms with Crippen LogP contribution in [0.3, 0.4) is 0 Å². The van der Waals surface area contributed by atoms with Crippen LogP contribution in [0.15, 0.2) is 23.1 Å². The molecule has 1 unspecified atom stereocenters. The SMILES string of the molecule is CC1CCCN(CCn2cc(N)ccc2=O)CC1. The lowest BCUT2D eigenvalue weighted by molar-refractivity contribution is 0.269. The first-order chi connectivity index (χ1) is 8.65. The van der Waals surface area contributed by atoms with Gasteiger partial charge >= 0.3 is 0 Å². The van der Waals surface area contributed by atoms with Gasteiger partial charge in [0.25, 0.3) is 5.56 Å². The zero-order chi connectivity index (χ0) is 13.0. The molecular weight excluding hydrogens is 226 g/mol. The minimum Gasteiger partial charge on any atom is -0.398 e. The fraction of sp³-hybridized carbons (Fsp3) is 0.643. The van der Waals surface area contributed by atoms with E-state index in [4.69, 9.17) is 5.73 Å². The Morgan fingerprint density at radius 1 is 1.28 bits per heavy atom. The van der Waals surface area contributed by atoms with Crippen LogP contribution in [0.5, 0.6) is 0 Å². The smallest absolute Gasteiger partial charge is 0.250 e. The van der Waals surface area contributed by atoms with Crippen LogP contribution in [0.2, 0.25) is 0 Å². The summed E-state index contributed by atoms with van der Waals surface area (Å²) in [5.74, 6) is 0.838. The maximum Gasteiger partial charge on any atom is 0.250 e. The number of nitrogens with zero attached hydrogens (tertiary/aromatic N) is 2. The van der Waals surface area contributed by atoms with Crippen LogP contribution < -0.4 is 11.3 Å². The first kappa shape index (κ1) is 13.1. The molecule has 1 aromatic heterocycles. The Morgan fingerprint density at radius 3 is 2.94 bits per heavy atom. The summed E-state index contributed by atoms with van der Waals surface area (Å²) < 4.78 is 1.71. The quantitative estimate of drug-likeness (QED) is 0.884. The van der Waals surface area contributed by atoms with Gasteiger partial charge in [-0.1, -0.05) is 6.92 Å². The van der Waals surface area contributed by atoms with Crippen molar-refractivity contribution in [3.05, 3.63) is 28.7 Å². The average molecular weight is 249 g/mol. The highest BCUT2D eigenvalue weighted by molar-refractivity contribution is 5.33. The molecule has 1 fully saturated rings. The molecule has 0 radical (unpaired) electrons. The van der Waals surface area contributed by atoms with Crippen molar-refractivity contribution < 1.29 is 0 Å². The Kier molecular flexibility index (Phi) is 4.42. The number of likely N-dealkylation sites (tertiary alicyclic amines) is 1. The number of pyridine rings is 1. The predicted octanol–water partition coefficient (Wildman–Crippen LogP) is 1.55. The van der Waals surface area contributed by atoms with E-state index in [1.54, 1.807) is 22.9 Å². The zero-order valence-corrected chi connectivity index (χ0v) is 11.1. The fourth-order valence-electron chi connectivity index (χ4n) is 2.52. The second-order valence-corrected chi connectivity index (χ2v) is 5.37. The molecular formula is C14H23N3O. The van der Waals surface area contributed by atoms with E-state index in [-0.39, 0.29) is 5.56 Å². The summed E-state index contributed by atoms with van der Waals surface area (Å²) in [6.07, 6.45) is 5.61. The van der Waals surface area contributed by atoms with Gasteiger partial charge in [-0.15, -0.1) is 0 Å². The monoisotopic (exact) mass is 249 g/mol. The number of anilines is 1. The lowest BCUT2D eigenvalue weighted by Crippen LogP contribution is -2.31. The summed E-state index contributed by atoms with van der Waals surface area (Å²) >= 11 is 0. The van der Waals surface area contributed by atoms with E-state index in [0.29, 0.717) is 5.69 Å². The van der Waals surface area contributed by atoms with Crippen molar-refractivity contribution in [1.29, 1.82) is 0 Å². The number of aromatic nitrogens is 1. The van der Waals surface area contributed by atoms with Gasteiger partial charge in [0.1, 0.15) is 0 Å². The molecule has 2 N–H and O–H groups in total. The lowest BCUT2D eigenvalue weighted by Gasteiger charge is -2.20. The van der Waals surface area contributed by atoms with Crippen LogP contribution in [-0.2, 0) is 6.54 Å². The molecule has 2 heterocycles. The van der Waals surface area contributed by atoms with Crippen molar-refractivity contribution in [2.24, 2.45) is 5.92 Å². The van der Waals surface area contributed by atoms with Crippen molar-refractivity contribution in [3.8, 4) is 0 Å². The molecule has 1 aliphatic rings. The van der Waals surface area contributed by atoms with Gasteiger partial charge in [0, 0.05) is 31.0 Å². The van der Waals surface area contributed by atoms with Crippen LogP contribution in [0, 0.1) is 5.92 Å². The summed E-state index contributed by atoms with van der Waals surface area (Å²) in [7, 11) is 0. The number of hydrogen-bond donors (Lipinski definition) is 1. The minimum atomic E-state index is 0.0346. The van der Waals surface area contributed by atoms with Crippen LogP contribution >= 0.6 is 0 Å². The number of rotatable bonds is 3. The van der Waals surface area contributed by atoms with Crippen molar-refractivity contribution in [1.82, 2.24) is 9.47 Å². The van der Waals surface area contributed by atoms with Gasteiger partial charge in [-0.3, -0.25) is 4.79 Å². The summed E-state index contributed by atoms with van der Waals surface area (Å²) in [6, 6.07) is 3.20. The molecule has 100 valence electrons. The molecule has 0 amide bonds. The molecule has 0 spiro atoms. The molecule has 0 aliphatic carbocycles. The highest BCUT2D eigenvalue weighted by atomic mass is 16.1. The normalized spacial score (nSPS) is 21.7. The first-order valence-electron chi connectivity index (χ1n) is 6.83. The first-order valence-corrected chi connectivity index (χ1v) is 6.83. The molecule has 1 saturated heterocycles. The third-order valence-electron chi connectivity index (χ3n) is 3.77. The van der Waals surface area contributed by atoms with Crippen LogP contribution in [0.1, 0.15) is 26.2 Å². The van der Waals surface area contributed by atoms with Crippen molar-refractivity contribution in [2.75, 3.05) is 25.4 Å². The molecule has 18 heavy (non-hydrogen) atoms. The van der Waals surface area contributed by atoms with Crippen LogP contribution in [0.4, 0.5) is 5.69 Å². The van der Waals surface area contributed by atoms with Gasteiger partial charge < -0.3 is 15.2 Å². The number of nitrogen functional groups attached to an aromatic ring is 1. The Labute approximate surface area is 108 Å². The topological polar surface area (TPSA) is 51.3 Å². The van der Waals surface area contributed by atoms with Crippen LogP contribution in [-0.4, -0.2) is 29.1 Å². The fourth-order valence-corrected chi connectivity index (χ4v) is 2.52. The third kappa shape index (κ3) is 3.60. The van der Waals surface area contributed by atoms with E-state index in [2.05, 4.69) is 11.8 Å². The second kappa shape index (κ2) is 6.05. The Hall–Kier alpha value is -1.29. The van der Waals surface area contributed by atoms with E-state index in [0.717, 1.165) is 32.1 Å². The van der Waals surface area contributed by atoms with Gasteiger partial charge in [-0.2, -0.15) is 0 Å². The van der Waals surface area contributed by atoms with Crippen molar-refractivity contribution in [2.45, 2.75) is 32.7 Å². The standard InChI is InChI=1S/C14H23N3O/c1-12-3-2-7-16(8-6-12)9-10-17-11-13(15)4-5-14(17)18/h4-5,11-12H,2-3,6-10,15H2,1H3. The third-order valence-corrected chi connectivity index (χ3v) is 3.77. The zero-order valence-electron chi connectivity index (χ0n) is 11.1. The molecule has 1 aliphatic heterocycles. The lowest BCUT2D eigenvalue weighted by atomic mass is 10.0. The molecule has 2 rings (SSSR count). The van der Waals surface area contributed by atoms with Gasteiger partial charge in [0.2, 0.25) is 0 Å². The number of nitrogens with two attached hydrogens (primary N) is 1. The van der Waals surface area contributed by atoms with Gasteiger partial charge in [0.05, 0.1) is 0 Å². The van der Waals surface area contributed by atoms with Gasteiger partial charge in [-0.05, 0) is 44.3 Å². The highest BCUT2D eigenvalue weighted by Gasteiger charge is 2.13. The van der Waals surface area contributed by atoms with E-state index >= 15 is 0 Å². The molecule has 4 heteroatoms. The Balaban J connectivity index is 1.90. The van der Waals surface area contributed by atoms with Gasteiger partial charge in [-0.25, -0.2) is 0 Å². The van der Waals surface area contributed by atoms with Crippen molar-refractivity contribution >= 4 is 5.69 Å². The predicted molar refractivity (Wildman–Crippen MR) is 74.6 cm³/mol. The van der Waals surface area contributed by atoms with E-state index in [1.165, 1.54) is 19.3 Å². The second-order valence-electron chi connectivity index (χ2n) is 5.37. The highest BCUT2D eigenvalue weighted by Crippen LogP contribution is 2.16. The minimum absolute atomic E-state index is 0.0346. The average Bonchev–Trinajstić information content (AvgIpc) is 2.55. The van der Waals surface area contributed by atoms with Crippen LogP contribution in [0.25, 0.3) is 0 Å². The summed E-state index contributed by atoms with van der Waals surface area (Å²) in [4.78, 5) is 14.1. The molecule has 0 bridgehead atoms. The molecule has 0 saturated carbocycles.